The molecule has 2 rings (SSSR count). The second-order valence-corrected chi connectivity index (χ2v) is 5.42. The highest BCUT2D eigenvalue weighted by atomic mass is 14.9. The minimum Gasteiger partial charge on any atom is -0.355 e. The van der Waals surface area contributed by atoms with Crippen molar-refractivity contribution in [2.24, 2.45) is 0 Å². The van der Waals surface area contributed by atoms with E-state index in [1.54, 1.807) is 0 Å². The largest absolute Gasteiger partial charge is 0.355 e. The first-order valence-corrected chi connectivity index (χ1v) is 9.14. The topological polar surface area (TPSA) is 12.0 Å². The van der Waals surface area contributed by atoms with E-state index in [0.29, 0.717) is 0 Å². The van der Waals surface area contributed by atoms with Crippen molar-refractivity contribution < 1.29 is 0 Å². The summed E-state index contributed by atoms with van der Waals surface area (Å²) >= 11 is 0. The molecule has 0 spiro atoms. The number of benzene rings is 2. The molecule has 132 valence electrons. The van der Waals surface area contributed by atoms with Crippen molar-refractivity contribution in [3.63, 3.8) is 0 Å². The van der Waals surface area contributed by atoms with E-state index in [1.807, 2.05) is 27.7 Å². The molecule has 1 heteroatoms. The zero-order chi connectivity index (χ0) is 18.7. The van der Waals surface area contributed by atoms with Gasteiger partial charge in [0.2, 0.25) is 0 Å². The van der Waals surface area contributed by atoms with Crippen molar-refractivity contribution in [3.8, 4) is 0 Å². The van der Waals surface area contributed by atoms with E-state index in [1.165, 1.54) is 27.8 Å². The van der Waals surface area contributed by atoms with Crippen LogP contribution in [0.5, 0.6) is 0 Å². The van der Waals surface area contributed by atoms with Gasteiger partial charge in [0.05, 0.1) is 0 Å². The fourth-order valence-corrected chi connectivity index (χ4v) is 2.31. The molecule has 0 aliphatic rings. The van der Waals surface area contributed by atoms with Crippen LogP contribution < -0.4 is 5.32 Å². The lowest BCUT2D eigenvalue weighted by atomic mass is 10.0. The molecule has 0 aromatic heterocycles. The van der Waals surface area contributed by atoms with Crippen LogP contribution in [0.1, 0.15) is 62.4 Å². The third-order valence-corrected chi connectivity index (χ3v) is 3.71. The molecule has 0 saturated heterocycles. The zero-order valence-electron chi connectivity index (χ0n) is 16.9. The van der Waals surface area contributed by atoms with Crippen molar-refractivity contribution in [2.45, 2.75) is 61.8 Å². The van der Waals surface area contributed by atoms with Gasteiger partial charge in [0.1, 0.15) is 0 Å². The summed E-state index contributed by atoms with van der Waals surface area (Å²) in [7, 11) is 0. The van der Waals surface area contributed by atoms with Gasteiger partial charge in [-0.1, -0.05) is 71.0 Å². The average molecular weight is 326 g/mol. The van der Waals surface area contributed by atoms with Gasteiger partial charge in [0, 0.05) is 16.9 Å². The molecule has 0 aliphatic carbocycles. The molecule has 24 heavy (non-hydrogen) atoms. The first kappa shape index (κ1) is 22.0. The molecular formula is C23H35N. The summed E-state index contributed by atoms with van der Waals surface area (Å²) in [5.41, 5.74) is 8.38. The molecule has 0 amide bonds. The molecule has 0 radical (unpaired) electrons. The number of rotatable bonds is 4. The van der Waals surface area contributed by atoms with Gasteiger partial charge in [-0.25, -0.2) is 0 Å². The van der Waals surface area contributed by atoms with Crippen LogP contribution in [0.2, 0.25) is 0 Å². The lowest BCUT2D eigenvalue weighted by Gasteiger charge is -2.15. The van der Waals surface area contributed by atoms with Crippen LogP contribution in [0.15, 0.2) is 43.0 Å². The lowest BCUT2D eigenvalue weighted by Crippen LogP contribution is -2.02. The first-order valence-electron chi connectivity index (χ1n) is 9.14. The average Bonchev–Trinajstić information content (AvgIpc) is 2.62. The van der Waals surface area contributed by atoms with Gasteiger partial charge in [-0.2, -0.15) is 0 Å². The van der Waals surface area contributed by atoms with E-state index < -0.39 is 0 Å². The van der Waals surface area contributed by atoms with Gasteiger partial charge in [0.25, 0.3) is 0 Å². The Morgan fingerprint density at radius 3 is 2.04 bits per heavy atom. The molecule has 2 aromatic carbocycles. The Balaban J connectivity index is 0.00000123. The fraction of sp³-hybridized carbons (Fsp3) is 0.391. The normalized spacial score (nSPS) is 9.17. The Bertz CT molecular complexity index is 638. The van der Waals surface area contributed by atoms with Crippen LogP contribution >= 0.6 is 0 Å². The Hall–Kier alpha value is -2.02. The van der Waals surface area contributed by atoms with Gasteiger partial charge in [-0.3, -0.25) is 0 Å². The van der Waals surface area contributed by atoms with Crippen molar-refractivity contribution in [2.75, 3.05) is 5.32 Å². The Morgan fingerprint density at radius 2 is 1.46 bits per heavy atom. The third-order valence-electron chi connectivity index (χ3n) is 3.71. The van der Waals surface area contributed by atoms with E-state index in [0.717, 1.165) is 17.8 Å². The molecule has 0 fully saturated rings. The van der Waals surface area contributed by atoms with Crippen LogP contribution in [0, 0.1) is 20.8 Å². The maximum absolute atomic E-state index is 4.21. The van der Waals surface area contributed by atoms with Gasteiger partial charge >= 0.3 is 0 Å². The van der Waals surface area contributed by atoms with Crippen LogP contribution in [-0.4, -0.2) is 0 Å². The summed E-state index contributed by atoms with van der Waals surface area (Å²) in [6.45, 7) is 20.7. The first-order chi connectivity index (χ1) is 11.5. The molecule has 0 bridgehead atoms. The molecule has 1 N–H and O–H groups in total. The summed E-state index contributed by atoms with van der Waals surface area (Å²) in [4.78, 5) is 0. The lowest BCUT2D eigenvalue weighted by molar-refractivity contribution is 1.14. The van der Waals surface area contributed by atoms with Gasteiger partial charge in [-0.15, -0.1) is 0 Å². The van der Waals surface area contributed by atoms with Crippen LogP contribution in [0.4, 0.5) is 5.69 Å². The zero-order valence-corrected chi connectivity index (χ0v) is 16.9. The molecule has 2 aromatic rings. The Kier molecular flexibility index (Phi) is 10.5. The van der Waals surface area contributed by atoms with E-state index in [2.05, 4.69) is 76.0 Å². The predicted molar refractivity (Wildman–Crippen MR) is 112 cm³/mol. The Labute approximate surface area is 149 Å². The van der Waals surface area contributed by atoms with Crippen molar-refractivity contribution in [1.29, 1.82) is 0 Å². The van der Waals surface area contributed by atoms with Crippen LogP contribution in [0.3, 0.4) is 0 Å². The molecular weight excluding hydrogens is 290 g/mol. The fourth-order valence-electron chi connectivity index (χ4n) is 2.31. The van der Waals surface area contributed by atoms with Crippen LogP contribution in [0.25, 0.3) is 5.70 Å². The summed E-state index contributed by atoms with van der Waals surface area (Å²) in [6, 6.07) is 13.0. The van der Waals surface area contributed by atoms with Crippen LogP contribution in [-0.2, 0) is 6.42 Å². The molecule has 1 nitrogen and oxygen atoms in total. The van der Waals surface area contributed by atoms with Crippen molar-refractivity contribution in [1.82, 2.24) is 0 Å². The minimum absolute atomic E-state index is 0.961. The SMILES string of the molecule is C=C(Nc1cc(CC)ccc1C)c1cc(C)ccc1C.CC.CC. The highest BCUT2D eigenvalue weighted by Gasteiger charge is 2.06. The third kappa shape index (κ3) is 6.23. The summed E-state index contributed by atoms with van der Waals surface area (Å²) < 4.78 is 0. The van der Waals surface area contributed by atoms with E-state index in [-0.39, 0.29) is 0 Å². The monoisotopic (exact) mass is 325 g/mol. The molecule has 0 heterocycles. The number of nitrogens with one attached hydrogen (secondary N) is 1. The number of aryl methyl sites for hydroxylation is 4. The summed E-state index contributed by atoms with van der Waals surface area (Å²) in [5.74, 6) is 0. The van der Waals surface area contributed by atoms with Crippen molar-refractivity contribution >= 4 is 11.4 Å². The smallest absolute Gasteiger partial charge is 0.0416 e. The summed E-state index contributed by atoms with van der Waals surface area (Å²) in [6.07, 6.45) is 1.05. The molecule has 0 saturated carbocycles. The highest BCUT2D eigenvalue weighted by molar-refractivity contribution is 5.78. The number of hydrogen-bond donors (Lipinski definition) is 1. The highest BCUT2D eigenvalue weighted by Crippen LogP contribution is 2.24. The van der Waals surface area contributed by atoms with Gasteiger partial charge in [0.15, 0.2) is 0 Å². The molecule has 0 unspecified atom stereocenters. The van der Waals surface area contributed by atoms with Gasteiger partial charge < -0.3 is 5.32 Å². The van der Waals surface area contributed by atoms with E-state index >= 15 is 0 Å². The summed E-state index contributed by atoms with van der Waals surface area (Å²) in [5, 5.41) is 3.47. The van der Waals surface area contributed by atoms with Gasteiger partial charge in [-0.05, 0) is 56.0 Å². The number of anilines is 1. The molecule has 0 aliphatic heterocycles. The standard InChI is InChI=1S/C19H23N.2C2H6/c1-6-17-10-9-15(4)19(12-17)20-16(5)18-11-13(2)7-8-14(18)3;2*1-2/h7-12,20H,5-6H2,1-4H3;2*1-2H3. The minimum atomic E-state index is 0.961. The number of hydrogen-bond acceptors (Lipinski definition) is 1. The Morgan fingerprint density at radius 1 is 0.875 bits per heavy atom. The quantitative estimate of drug-likeness (QED) is 0.621. The second kappa shape index (κ2) is 11.5. The van der Waals surface area contributed by atoms with E-state index in [9.17, 15) is 0 Å². The molecule has 0 atom stereocenters. The maximum Gasteiger partial charge on any atom is 0.0416 e. The van der Waals surface area contributed by atoms with E-state index in [4.69, 9.17) is 0 Å². The van der Waals surface area contributed by atoms with Crippen molar-refractivity contribution in [3.05, 3.63) is 70.8 Å². The maximum atomic E-state index is 4.21. The predicted octanol–water partition coefficient (Wildman–Crippen LogP) is 7.31. The second-order valence-electron chi connectivity index (χ2n) is 5.42.